The average molecular weight is 256 g/mol. The number of ether oxygens (including phenoxy) is 1. The lowest BCUT2D eigenvalue weighted by Gasteiger charge is -2.30. The predicted octanol–water partition coefficient (Wildman–Crippen LogP) is 1.61. The van der Waals surface area contributed by atoms with Crippen molar-refractivity contribution in [1.29, 1.82) is 0 Å². The lowest BCUT2D eigenvalue weighted by Crippen LogP contribution is -2.38. The highest BCUT2D eigenvalue weighted by Crippen LogP contribution is 2.35. The van der Waals surface area contributed by atoms with Crippen LogP contribution in [0.4, 0.5) is 19.0 Å². The van der Waals surface area contributed by atoms with Crippen molar-refractivity contribution in [3.8, 4) is 0 Å². The number of halogens is 3. The third-order valence-electron chi connectivity index (χ3n) is 2.76. The Kier molecular flexibility index (Phi) is 3.80. The fourth-order valence-corrected chi connectivity index (χ4v) is 1.84. The molecule has 0 unspecified atom stereocenters. The second-order valence-electron chi connectivity index (χ2n) is 3.98. The molecule has 96 valence electrons. The van der Waals surface area contributed by atoms with Crippen molar-refractivity contribution in [1.82, 2.24) is 4.98 Å². The molecule has 0 atom stereocenters. The van der Waals surface area contributed by atoms with E-state index in [-0.39, 0.29) is 12.1 Å². The highest BCUT2D eigenvalue weighted by atomic mass is 19.4. The van der Waals surface area contributed by atoms with Gasteiger partial charge in [0, 0.05) is 18.8 Å². The van der Waals surface area contributed by atoms with E-state index >= 15 is 0 Å². The van der Waals surface area contributed by atoms with Crippen molar-refractivity contribution in [2.75, 3.05) is 31.2 Å². The zero-order valence-corrected chi connectivity index (χ0v) is 9.70. The van der Waals surface area contributed by atoms with Gasteiger partial charge in [-0.2, -0.15) is 13.2 Å². The first-order chi connectivity index (χ1) is 8.52. The molecule has 0 amide bonds. The van der Waals surface area contributed by atoms with Crippen LogP contribution in [-0.4, -0.2) is 39.1 Å². The van der Waals surface area contributed by atoms with Gasteiger partial charge in [-0.25, -0.2) is 4.98 Å². The van der Waals surface area contributed by atoms with Gasteiger partial charge >= 0.3 is 6.18 Å². The smallest absolute Gasteiger partial charge is 0.378 e. The SMILES string of the molecule is [B]Cc1ccc(C(F)(F)F)c(N2CCOCC2)n1. The molecule has 2 rings (SSSR count). The molecule has 1 aliphatic heterocycles. The number of rotatable bonds is 2. The minimum absolute atomic E-state index is 0.0475. The zero-order valence-electron chi connectivity index (χ0n) is 9.70. The molecule has 0 aliphatic carbocycles. The van der Waals surface area contributed by atoms with Crippen molar-refractivity contribution >= 4 is 13.7 Å². The monoisotopic (exact) mass is 256 g/mol. The van der Waals surface area contributed by atoms with E-state index in [1.807, 2.05) is 0 Å². The summed E-state index contributed by atoms with van der Waals surface area (Å²) in [4.78, 5) is 5.60. The number of hydrogen-bond donors (Lipinski definition) is 0. The van der Waals surface area contributed by atoms with Crippen LogP contribution < -0.4 is 4.90 Å². The van der Waals surface area contributed by atoms with Gasteiger partial charge in [-0.05, 0) is 18.5 Å². The van der Waals surface area contributed by atoms with Gasteiger partial charge in [-0.3, -0.25) is 0 Å². The highest BCUT2D eigenvalue weighted by Gasteiger charge is 2.36. The number of anilines is 1. The van der Waals surface area contributed by atoms with Crippen molar-refractivity contribution in [3.05, 3.63) is 23.4 Å². The van der Waals surface area contributed by atoms with Crippen LogP contribution >= 0.6 is 0 Å². The van der Waals surface area contributed by atoms with E-state index in [0.29, 0.717) is 32.0 Å². The van der Waals surface area contributed by atoms with Crippen molar-refractivity contribution in [3.63, 3.8) is 0 Å². The summed E-state index contributed by atoms with van der Waals surface area (Å²) < 4.78 is 43.9. The molecule has 1 saturated heterocycles. The summed E-state index contributed by atoms with van der Waals surface area (Å²) in [7, 11) is 5.42. The Labute approximate surface area is 104 Å². The maximum absolute atomic E-state index is 12.9. The van der Waals surface area contributed by atoms with Crippen LogP contribution in [0.2, 0.25) is 0 Å². The van der Waals surface area contributed by atoms with Gasteiger partial charge < -0.3 is 9.64 Å². The Bertz CT molecular complexity index is 419. The summed E-state index contributed by atoms with van der Waals surface area (Å²) in [5, 5.41) is 0. The standard InChI is InChI=1S/C11H12BF3N2O/c12-7-8-1-2-9(11(13,14)15)10(16-8)17-3-5-18-6-4-17/h1-2H,3-7H2. The Balaban J connectivity index is 2.40. The molecule has 3 nitrogen and oxygen atoms in total. The Hall–Kier alpha value is -1.24. The molecule has 0 aromatic carbocycles. The Morgan fingerprint density at radius 1 is 1.28 bits per heavy atom. The first-order valence-electron chi connectivity index (χ1n) is 5.62. The summed E-state index contributed by atoms with van der Waals surface area (Å²) in [5.41, 5.74) is -0.272. The number of morpholine rings is 1. The van der Waals surface area contributed by atoms with Gasteiger partial charge in [-0.15, -0.1) is 0 Å². The normalized spacial score (nSPS) is 16.9. The Morgan fingerprint density at radius 3 is 2.50 bits per heavy atom. The van der Waals surface area contributed by atoms with Crippen LogP contribution in [0.3, 0.4) is 0 Å². The Morgan fingerprint density at radius 2 is 1.94 bits per heavy atom. The van der Waals surface area contributed by atoms with E-state index in [1.54, 1.807) is 4.90 Å². The molecule has 2 heterocycles. The first kappa shape index (κ1) is 13.2. The van der Waals surface area contributed by atoms with Crippen LogP contribution in [0.1, 0.15) is 11.3 Å². The molecule has 0 spiro atoms. The third kappa shape index (κ3) is 2.77. The van der Waals surface area contributed by atoms with E-state index in [0.717, 1.165) is 6.07 Å². The molecule has 1 aromatic heterocycles. The minimum atomic E-state index is -4.41. The molecule has 0 bridgehead atoms. The first-order valence-corrected chi connectivity index (χ1v) is 5.62. The van der Waals surface area contributed by atoms with Crippen molar-refractivity contribution in [2.45, 2.75) is 12.5 Å². The number of hydrogen-bond acceptors (Lipinski definition) is 3. The molecule has 7 heteroatoms. The maximum Gasteiger partial charge on any atom is 0.419 e. The molecular formula is C11H12BF3N2O. The third-order valence-corrected chi connectivity index (χ3v) is 2.76. The predicted molar refractivity (Wildman–Crippen MR) is 61.7 cm³/mol. The molecule has 0 saturated carbocycles. The summed E-state index contributed by atoms with van der Waals surface area (Å²) in [6, 6.07) is 2.35. The van der Waals surface area contributed by atoms with E-state index in [9.17, 15) is 13.2 Å². The lowest BCUT2D eigenvalue weighted by molar-refractivity contribution is -0.137. The van der Waals surface area contributed by atoms with Gasteiger partial charge in [0.2, 0.25) is 0 Å². The van der Waals surface area contributed by atoms with Crippen LogP contribution in [-0.2, 0) is 17.2 Å². The lowest BCUT2D eigenvalue weighted by atomic mass is 10.0. The van der Waals surface area contributed by atoms with Gasteiger partial charge in [0.15, 0.2) is 0 Å². The minimum Gasteiger partial charge on any atom is -0.378 e. The van der Waals surface area contributed by atoms with Gasteiger partial charge in [0.05, 0.1) is 26.6 Å². The largest absolute Gasteiger partial charge is 0.419 e. The summed E-state index contributed by atoms with van der Waals surface area (Å²) in [6.45, 7) is 1.63. The number of pyridine rings is 1. The zero-order chi connectivity index (χ0) is 13.2. The highest BCUT2D eigenvalue weighted by molar-refractivity contribution is 6.08. The second-order valence-corrected chi connectivity index (χ2v) is 3.98. The van der Waals surface area contributed by atoms with Gasteiger partial charge in [0.1, 0.15) is 5.82 Å². The molecule has 18 heavy (non-hydrogen) atoms. The molecule has 1 aromatic rings. The van der Waals surface area contributed by atoms with Gasteiger partial charge in [0.25, 0.3) is 0 Å². The topological polar surface area (TPSA) is 25.4 Å². The maximum atomic E-state index is 12.9. The summed E-state index contributed by atoms with van der Waals surface area (Å²) >= 11 is 0. The molecule has 2 radical (unpaired) electrons. The van der Waals surface area contributed by atoms with Crippen LogP contribution in [0.5, 0.6) is 0 Å². The van der Waals surface area contributed by atoms with Crippen LogP contribution in [0.15, 0.2) is 12.1 Å². The van der Waals surface area contributed by atoms with Crippen molar-refractivity contribution < 1.29 is 17.9 Å². The van der Waals surface area contributed by atoms with E-state index in [2.05, 4.69) is 4.98 Å². The fraction of sp³-hybridized carbons (Fsp3) is 0.545. The molecule has 0 N–H and O–H groups in total. The fourth-order valence-electron chi connectivity index (χ4n) is 1.84. The van der Waals surface area contributed by atoms with E-state index in [1.165, 1.54) is 6.07 Å². The number of nitrogens with zero attached hydrogens (tertiary/aromatic N) is 2. The molecular weight excluding hydrogens is 244 g/mol. The van der Waals surface area contributed by atoms with Crippen LogP contribution in [0.25, 0.3) is 0 Å². The van der Waals surface area contributed by atoms with Gasteiger partial charge in [-0.1, -0.05) is 0 Å². The summed E-state index contributed by atoms with van der Waals surface area (Å²) in [6.07, 6.45) is -4.29. The van der Waals surface area contributed by atoms with E-state index in [4.69, 9.17) is 12.6 Å². The summed E-state index contributed by atoms with van der Waals surface area (Å²) in [5.74, 6) is -0.0475. The number of alkyl halides is 3. The quantitative estimate of drug-likeness (QED) is 0.751. The van der Waals surface area contributed by atoms with Crippen LogP contribution in [0, 0.1) is 0 Å². The molecule has 1 aliphatic rings. The van der Waals surface area contributed by atoms with E-state index < -0.39 is 11.7 Å². The number of aromatic nitrogens is 1. The average Bonchev–Trinajstić information content (AvgIpc) is 2.38. The molecule has 1 fully saturated rings. The van der Waals surface area contributed by atoms with Crippen molar-refractivity contribution in [2.24, 2.45) is 0 Å². The second kappa shape index (κ2) is 5.18.